The van der Waals surface area contributed by atoms with Crippen LogP contribution in [-0.4, -0.2) is 10.8 Å². The Labute approximate surface area is 138 Å². The quantitative estimate of drug-likeness (QED) is 0.364. The van der Waals surface area contributed by atoms with Gasteiger partial charge in [0, 0.05) is 22.7 Å². The Balaban J connectivity index is 2.18. The van der Waals surface area contributed by atoms with Crippen LogP contribution in [0.2, 0.25) is 0 Å². The maximum absolute atomic E-state index is 9.59. The fourth-order valence-electron chi connectivity index (χ4n) is 2.72. The Morgan fingerprint density at radius 1 is 1.36 bits per heavy atom. The number of allylic oxidation sites excluding steroid dienone is 2. The van der Waals surface area contributed by atoms with Gasteiger partial charge >= 0.3 is 0 Å². The zero-order valence-corrected chi connectivity index (χ0v) is 14.1. The van der Waals surface area contributed by atoms with Gasteiger partial charge in [-0.2, -0.15) is 0 Å². The minimum absolute atomic E-state index is 0.149. The first-order valence-electron chi connectivity index (χ1n) is 7.49. The molecule has 0 unspecified atom stereocenters. The van der Waals surface area contributed by atoms with Gasteiger partial charge in [-0.1, -0.05) is 32.6 Å². The second-order valence-electron chi connectivity index (χ2n) is 6.64. The molecule has 22 heavy (non-hydrogen) atoms. The van der Waals surface area contributed by atoms with Gasteiger partial charge in [-0.15, -0.1) is 12.6 Å². The molecule has 1 aliphatic rings. The highest BCUT2D eigenvalue weighted by molar-refractivity contribution is 7.80. The molecule has 118 valence electrons. The summed E-state index contributed by atoms with van der Waals surface area (Å²) >= 11 is 4.29. The number of thiol groups is 1. The SMILES string of the molecule is C=C(O)C(=N)C1=C(NCc2ccc(S)cc2)CCC(C)(C)C1. The summed E-state index contributed by atoms with van der Waals surface area (Å²) in [6, 6.07) is 8.02. The summed E-state index contributed by atoms with van der Waals surface area (Å²) in [5, 5.41) is 21.1. The van der Waals surface area contributed by atoms with Crippen molar-refractivity contribution in [2.45, 2.75) is 44.6 Å². The lowest BCUT2D eigenvalue weighted by atomic mass is 9.74. The van der Waals surface area contributed by atoms with E-state index in [1.165, 1.54) is 5.56 Å². The predicted octanol–water partition coefficient (Wildman–Crippen LogP) is 4.62. The number of benzene rings is 1. The van der Waals surface area contributed by atoms with Crippen LogP contribution in [0.5, 0.6) is 0 Å². The molecule has 4 heteroatoms. The molecule has 0 aliphatic heterocycles. The first-order chi connectivity index (χ1) is 10.3. The molecule has 0 aromatic heterocycles. The lowest BCUT2D eigenvalue weighted by Gasteiger charge is -2.33. The van der Waals surface area contributed by atoms with E-state index in [1.807, 2.05) is 24.3 Å². The van der Waals surface area contributed by atoms with Crippen LogP contribution < -0.4 is 5.32 Å². The van der Waals surface area contributed by atoms with Gasteiger partial charge in [0.2, 0.25) is 0 Å². The summed E-state index contributed by atoms with van der Waals surface area (Å²) in [4.78, 5) is 0.946. The Morgan fingerprint density at radius 2 is 2.00 bits per heavy atom. The lowest BCUT2D eigenvalue weighted by Crippen LogP contribution is -2.28. The smallest absolute Gasteiger partial charge is 0.133 e. The van der Waals surface area contributed by atoms with Crippen molar-refractivity contribution in [2.24, 2.45) is 5.41 Å². The molecule has 0 bridgehead atoms. The van der Waals surface area contributed by atoms with E-state index >= 15 is 0 Å². The fraction of sp³-hybridized carbons (Fsp3) is 0.389. The Kier molecular flexibility index (Phi) is 5.01. The van der Waals surface area contributed by atoms with Crippen LogP contribution >= 0.6 is 12.6 Å². The zero-order valence-electron chi connectivity index (χ0n) is 13.2. The van der Waals surface area contributed by atoms with Crippen molar-refractivity contribution in [1.29, 1.82) is 5.41 Å². The zero-order chi connectivity index (χ0) is 16.3. The van der Waals surface area contributed by atoms with Gasteiger partial charge in [0.25, 0.3) is 0 Å². The summed E-state index contributed by atoms with van der Waals surface area (Å²) in [6.45, 7) is 8.60. The first kappa shape index (κ1) is 16.7. The first-order valence-corrected chi connectivity index (χ1v) is 7.94. The molecule has 0 fully saturated rings. The van der Waals surface area contributed by atoms with E-state index in [2.05, 4.69) is 38.4 Å². The van der Waals surface area contributed by atoms with Gasteiger partial charge in [0.15, 0.2) is 0 Å². The number of hydrogen-bond donors (Lipinski definition) is 4. The lowest BCUT2D eigenvalue weighted by molar-refractivity contribution is 0.312. The normalized spacial score (nSPS) is 17.2. The van der Waals surface area contributed by atoms with E-state index in [-0.39, 0.29) is 16.9 Å². The van der Waals surface area contributed by atoms with Crippen molar-refractivity contribution in [3.8, 4) is 0 Å². The molecular formula is C18H24N2OS. The van der Waals surface area contributed by atoms with E-state index < -0.39 is 0 Å². The van der Waals surface area contributed by atoms with Gasteiger partial charge in [-0.05, 0) is 42.4 Å². The largest absolute Gasteiger partial charge is 0.506 e. The van der Waals surface area contributed by atoms with Crippen LogP contribution in [0, 0.1) is 10.8 Å². The molecule has 0 spiro atoms. The number of nitrogens with one attached hydrogen (secondary N) is 2. The maximum Gasteiger partial charge on any atom is 0.133 e. The van der Waals surface area contributed by atoms with Crippen molar-refractivity contribution in [2.75, 3.05) is 0 Å². The van der Waals surface area contributed by atoms with Crippen molar-refractivity contribution >= 4 is 18.3 Å². The Morgan fingerprint density at radius 3 is 2.59 bits per heavy atom. The minimum atomic E-state index is -0.161. The van der Waals surface area contributed by atoms with E-state index in [9.17, 15) is 5.11 Å². The Hall–Kier alpha value is -1.68. The van der Waals surface area contributed by atoms with E-state index in [1.54, 1.807) is 0 Å². The standard InChI is InChI=1S/C18H24N2OS/c1-12(21)17(19)15-10-18(2,3)9-8-16(15)20-11-13-4-6-14(22)7-5-13/h4-7,19-22H,1,8-11H2,2-3H3. The monoisotopic (exact) mass is 316 g/mol. The number of rotatable bonds is 5. The van der Waals surface area contributed by atoms with Crippen molar-refractivity contribution in [3.05, 3.63) is 53.4 Å². The second kappa shape index (κ2) is 6.61. The highest BCUT2D eigenvalue weighted by Crippen LogP contribution is 2.38. The summed E-state index contributed by atoms with van der Waals surface area (Å²) in [6.07, 6.45) is 2.74. The average molecular weight is 316 g/mol. The minimum Gasteiger partial charge on any atom is -0.506 e. The van der Waals surface area contributed by atoms with Gasteiger partial charge in [-0.3, -0.25) is 5.41 Å². The third-order valence-corrected chi connectivity index (χ3v) is 4.40. The second-order valence-corrected chi connectivity index (χ2v) is 7.16. The van der Waals surface area contributed by atoms with Gasteiger partial charge < -0.3 is 10.4 Å². The van der Waals surface area contributed by atoms with Crippen LogP contribution in [0.15, 0.2) is 52.8 Å². The van der Waals surface area contributed by atoms with E-state index in [0.29, 0.717) is 6.54 Å². The van der Waals surface area contributed by atoms with Crippen LogP contribution in [0.4, 0.5) is 0 Å². The average Bonchev–Trinajstić information content (AvgIpc) is 2.46. The van der Waals surface area contributed by atoms with Crippen LogP contribution in [0.1, 0.15) is 38.7 Å². The molecule has 0 heterocycles. The van der Waals surface area contributed by atoms with Crippen LogP contribution in [0.25, 0.3) is 0 Å². The summed E-state index contributed by atoms with van der Waals surface area (Å²) in [5.41, 5.74) is 3.41. The predicted molar refractivity (Wildman–Crippen MR) is 94.7 cm³/mol. The van der Waals surface area contributed by atoms with Crippen molar-refractivity contribution in [1.82, 2.24) is 5.32 Å². The highest BCUT2D eigenvalue weighted by Gasteiger charge is 2.29. The van der Waals surface area contributed by atoms with E-state index in [4.69, 9.17) is 5.41 Å². The van der Waals surface area contributed by atoms with Gasteiger partial charge in [0.05, 0.1) is 0 Å². The molecule has 1 aromatic rings. The highest BCUT2D eigenvalue weighted by atomic mass is 32.1. The number of hydrogen-bond acceptors (Lipinski definition) is 4. The van der Waals surface area contributed by atoms with Gasteiger partial charge in [-0.25, -0.2) is 0 Å². The molecule has 2 rings (SSSR count). The summed E-state index contributed by atoms with van der Waals surface area (Å²) in [5.74, 6) is -0.161. The molecular weight excluding hydrogens is 292 g/mol. The van der Waals surface area contributed by atoms with Crippen molar-refractivity contribution in [3.63, 3.8) is 0 Å². The number of aliphatic hydroxyl groups excluding tert-OH is 1. The topological polar surface area (TPSA) is 56.1 Å². The third-order valence-electron chi connectivity index (χ3n) is 4.10. The molecule has 0 amide bonds. The Bertz CT molecular complexity index is 614. The molecule has 3 N–H and O–H groups in total. The number of aliphatic hydroxyl groups is 1. The van der Waals surface area contributed by atoms with Crippen LogP contribution in [0.3, 0.4) is 0 Å². The molecule has 1 aliphatic carbocycles. The molecule has 0 radical (unpaired) electrons. The van der Waals surface area contributed by atoms with Crippen molar-refractivity contribution < 1.29 is 5.11 Å². The molecule has 3 nitrogen and oxygen atoms in total. The fourth-order valence-corrected chi connectivity index (χ4v) is 2.87. The summed E-state index contributed by atoms with van der Waals surface area (Å²) < 4.78 is 0. The maximum atomic E-state index is 9.59. The molecule has 0 atom stereocenters. The third kappa shape index (κ3) is 4.17. The molecule has 0 saturated carbocycles. The summed E-state index contributed by atoms with van der Waals surface area (Å²) in [7, 11) is 0. The molecule has 1 aromatic carbocycles. The van der Waals surface area contributed by atoms with Crippen LogP contribution in [-0.2, 0) is 6.54 Å². The molecule has 0 saturated heterocycles. The van der Waals surface area contributed by atoms with E-state index in [0.717, 1.165) is 35.4 Å². The van der Waals surface area contributed by atoms with Gasteiger partial charge in [0.1, 0.15) is 11.5 Å².